The second-order valence-electron chi connectivity index (χ2n) is 5.93. The molecule has 0 fully saturated rings. The van der Waals surface area contributed by atoms with Crippen LogP contribution in [0.3, 0.4) is 0 Å². The summed E-state index contributed by atoms with van der Waals surface area (Å²) in [6, 6.07) is 15.5. The fraction of sp³-hybridized carbons (Fsp3) is 0.200. The molecule has 0 radical (unpaired) electrons. The Labute approximate surface area is 142 Å². The van der Waals surface area contributed by atoms with Crippen LogP contribution in [0.15, 0.2) is 65.3 Å². The summed E-state index contributed by atoms with van der Waals surface area (Å²) in [4.78, 5) is 19.3. The molecule has 2 aromatic rings. The third-order valence-corrected chi connectivity index (χ3v) is 4.33. The zero-order chi connectivity index (χ0) is 17.1. The Kier molecular flexibility index (Phi) is 4.47. The molecular weight excluding hydrogens is 298 g/mol. The number of aliphatic imine (C=N–C) groups is 1. The monoisotopic (exact) mass is 319 g/mol. The molecular formula is C20H21N3O. The Bertz CT molecular complexity index is 822. The first kappa shape index (κ1) is 16.0. The maximum absolute atomic E-state index is 13.1. The van der Waals surface area contributed by atoms with Gasteiger partial charge in [0.25, 0.3) is 5.91 Å². The van der Waals surface area contributed by atoms with Crippen LogP contribution in [0.1, 0.15) is 21.5 Å². The predicted molar refractivity (Wildman–Crippen MR) is 98.6 cm³/mol. The molecule has 1 aliphatic heterocycles. The number of nitrogens with two attached hydrogens (primary N) is 1. The predicted octanol–water partition coefficient (Wildman–Crippen LogP) is 3.11. The number of nitrogens with zero attached hydrogens (tertiary/aromatic N) is 2. The van der Waals surface area contributed by atoms with Crippen molar-refractivity contribution in [3.05, 3.63) is 77.0 Å². The molecule has 4 heteroatoms. The lowest BCUT2D eigenvalue weighted by Crippen LogP contribution is -2.33. The van der Waals surface area contributed by atoms with E-state index in [0.717, 1.165) is 28.1 Å². The van der Waals surface area contributed by atoms with Crippen LogP contribution in [-0.2, 0) is 6.42 Å². The van der Waals surface area contributed by atoms with E-state index >= 15 is 0 Å². The zero-order valence-electron chi connectivity index (χ0n) is 14.0. The molecule has 1 aliphatic rings. The first-order valence-corrected chi connectivity index (χ1v) is 7.97. The number of hydrogen-bond acceptors (Lipinski definition) is 3. The van der Waals surface area contributed by atoms with Gasteiger partial charge in [-0.2, -0.15) is 0 Å². The number of anilines is 1. The average Bonchev–Trinajstić information content (AvgIpc) is 2.78. The molecule has 0 unspecified atom stereocenters. The number of hydrogen-bond donors (Lipinski definition) is 1. The van der Waals surface area contributed by atoms with E-state index in [1.807, 2.05) is 37.3 Å². The number of carbonyl (C=O) groups excluding carboxylic acids is 1. The summed E-state index contributed by atoms with van der Waals surface area (Å²) >= 11 is 0. The minimum Gasteiger partial charge on any atom is -0.404 e. The van der Waals surface area contributed by atoms with E-state index in [1.165, 1.54) is 0 Å². The molecule has 24 heavy (non-hydrogen) atoms. The van der Waals surface area contributed by atoms with Crippen LogP contribution in [0.2, 0.25) is 0 Å². The normalized spacial score (nSPS) is 17.7. The van der Waals surface area contributed by atoms with Gasteiger partial charge in [0, 0.05) is 42.2 Å². The van der Waals surface area contributed by atoms with Crippen LogP contribution in [0.4, 0.5) is 5.69 Å². The summed E-state index contributed by atoms with van der Waals surface area (Å²) in [5, 5.41) is 0. The Morgan fingerprint density at radius 1 is 1.21 bits per heavy atom. The Hall–Kier alpha value is -2.88. The number of rotatable bonds is 1. The first-order chi connectivity index (χ1) is 11.6. The SMILES string of the molecule is CN=C1Cc2ccc(C)cc2N(C(=O)c2ccccc2)CC1=CN. The van der Waals surface area contributed by atoms with E-state index in [0.29, 0.717) is 18.5 Å². The van der Waals surface area contributed by atoms with E-state index < -0.39 is 0 Å². The van der Waals surface area contributed by atoms with Crippen molar-refractivity contribution in [3.63, 3.8) is 0 Å². The second-order valence-corrected chi connectivity index (χ2v) is 5.93. The third kappa shape index (κ3) is 2.95. The highest BCUT2D eigenvalue weighted by Crippen LogP contribution is 2.29. The maximum Gasteiger partial charge on any atom is 0.258 e. The summed E-state index contributed by atoms with van der Waals surface area (Å²) in [6.07, 6.45) is 2.24. The zero-order valence-corrected chi connectivity index (χ0v) is 14.0. The van der Waals surface area contributed by atoms with Crippen molar-refractivity contribution in [1.29, 1.82) is 0 Å². The molecule has 3 rings (SSSR count). The van der Waals surface area contributed by atoms with Gasteiger partial charge in [0.1, 0.15) is 0 Å². The summed E-state index contributed by atoms with van der Waals surface area (Å²) in [6.45, 7) is 2.46. The Balaban J connectivity index is 2.13. The van der Waals surface area contributed by atoms with Gasteiger partial charge in [-0.25, -0.2) is 0 Å². The van der Waals surface area contributed by atoms with E-state index in [4.69, 9.17) is 5.73 Å². The molecule has 1 amide bonds. The van der Waals surface area contributed by atoms with Crippen molar-refractivity contribution in [2.45, 2.75) is 13.3 Å². The van der Waals surface area contributed by atoms with Crippen molar-refractivity contribution in [1.82, 2.24) is 0 Å². The molecule has 0 bridgehead atoms. The molecule has 2 aromatic carbocycles. The van der Waals surface area contributed by atoms with E-state index in [9.17, 15) is 4.79 Å². The first-order valence-electron chi connectivity index (χ1n) is 7.97. The van der Waals surface area contributed by atoms with Gasteiger partial charge in [0.15, 0.2) is 0 Å². The smallest absolute Gasteiger partial charge is 0.258 e. The Morgan fingerprint density at radius 3 is 2.62 bits per heavy atom. The number of aryl methyl sites for hydroxylation is 1. The highest BCUT2D eigenvalue weighted by molar-refractivity contribution is 6.11. The molecule has 1 heterocycles. The minimum atomic E-state index is -0.0286. The van der Waals surface area contributed by atoms with E-state index in [1.54, 1.807) is 18.1 Å². The maximum atomic E-state index is 13.1. The van der Waals surface area contributed by atoms with Gasteiger partial charge < -0.3 is 10.6 Å². The largest absolute Gasteiger partial charge is 0.404 e. The van der Waals surface area contributed by atoms with Crippen molar-refractivity contribution in [2.75, 3.05) is 18.5 Å². The van der Waals surface area contributed by atoms with Gasteiger partial charge in [-0.3, -0.25) is 9.79 Å². The van der Waals surface area contributed by atoms with Crippen LogP contribution >= 0.6 is 0 Å². The van der Waals surface area contributed by atoms with Gasteiger partial charge in [0.2, 0.25) is 0 Å². The van der Waals surface area contributed by atoms with Gasteiger partial charge in [-0.1, -0.05) is 30.3 Å². The lowest BCUT2D eigenvalue weighted by molar-refractivity contribution is 0.0989. The molecule has 0 aliphatic carbocycles. The van der Waals surface area contributed by atoms with Crippen LogP contribution in [0, 0.1) is 6.92 Å². The summed E-state index contributed by atoms with van der Waals surface area (Å²) in [7, 11) is 1.77. The van der Waals surface area contributed by atoms with Crippen molar-refractivity contribution >= 4 is 17.3 Å². The number of carbonyl (C=O) groups is 1. The lowest BCUT2D eigenvalue weighted by Gasteiger charge is -2.24. The lowest BCUT2D eigenvalue weighted by atomic mass is 10.0. The van der Waals surface area contributed by atoms with Crippen molar-refractivity contribution < 1.29 is 4.79 Å². The van der Waals surface area contributed by atoms with Crippen LogP contribution in [-0.4, -0.2) is 25.2 Å². The fourth-order valence-electron chi connectivity index (χ4n) is 3.00. The van der Waals surface area contributed by atoms with E-state index in [-0.39, 0.29) is 5.91 Å². The number of benzene rings is 2. The van der Waals surface area contributed by atoms with Gasteiger partial charge >= 0.3 is 0 Å². The number of amides is 1. The van der Waals surface area contributed by atoms with Crippen LogP contribution in [0.5, 0.6) is 0 Å². The van der Waals surface area contributed by atoms with Gasteiger partial charge in [-0.15, -0.1) is 0 Å². The topological polar surface area (TPSA) is 58.7 Å². The van der Waals surface area contributed by atoms with Crippen molar-refractivity contribution in [3.8, 4) is 0 Å². The van der Waals surface area contributed by atoms with Crippen LogP contribution < -0.4 is 10.6 Å². The summed E-state index contributed by atoms with van der Waals surface area (Å²) in [5.41, 5.74) is 11.4. The molecule has 0 aromatic heterocycles. The standard InChI is InChI=1S/C20H21N3O/c1-14-8-9-16-11-18(22-2)17(12-21)13-23(19(16)10-14)20(24)15-6-4-3-5-7-15/h3-10,12H,11,13,21H2,1-2H3. The van der Waals surface area contributed by atoms with Crippen molar-refractivity contribution in [2.24, 2.45) is 10.7 Å². The minimum absolute atomic E-state index is 0.0286. The molecule has 122 valence electrons. The highest BCUT2D eigenvalue weighted by atomic mass is 16.2. The Morgan fingerprint density at radius 2 is 1.96 bits per heavy atom. The van der Waals surface area contributed by atoms with Gasteiger partial charge in [-0.05, 0) is 36.2 Å². The molecule has 0 saturated carbocycles. The second kappa shape index (κ2) is 6.71. The molecule has 2 N–H and O–H groups in total. The fourth-order valence-corrected chi connectivity index (χ4v) is 3.00. The van der Waals surface area contributed by atoms with Gasteiger partial charge in [0.05, 0.1) is 6.54 Å². The number of fused-ring (bicyclic) bond motifs is 1. The summed E-state index contributed by atoms with van der Waals surface area (Å²) < 4.78 is 0. The molecule has 0 saturated heterocycles. The quantitative estimate of drug-likeness (QED) is 0.878. The van der Waals surface area contributed by atoms with E-state index in [2.05, 4.69) is 23.2 Å². The third-order valence-electron chi connectivity index (χ3n) is 4.33. The summed E-state index contributed by atoms with van der Waals surface area (Å²) in [5.74, 6) is -0.0286. The highest BCUT2D eigenvalue weighted by Gasteiger charge is 2.26. The average molecular weight is 319 g/mol. The molecule has 0 atom stereocenters. The molecule has 0 spiro atoms. The molecule has 4 nitrogen and oxygen atoms in total. The van der Waals surface area contributed by atoms with Crippen LogP contribution in [0.25, 0.3) is 0 Å².